The summed E-state index contributed by atoms with van der Waals surface area (Å²) in [5, 5.41) is 5.35. The number of unbranched alkanes of at least 4 members (excludes halogenated alkanes) is 1. The van der Waals surface area contributed by atoms with E-state index in [2.05, 4.69) is 39.2 Å². The highest BCUT2D eigenvalue weighted by atomic mass is 28.3. The zero-order valence-electron chi connectivity index (χ0n) is 13.4. The predicted molar refractivity (Wildman–Crippen MR) is 83.3 cm³/mol. The van der Waals surface area contributed by atoms with Gasteiger partial charge in [-0.1, -0.05) is 50.3 Å². The van der Waals surface area contributed by atoms with E-state index >= 15 is 0 Å². The minimum atomic E-state index is -1.42. The van der Waals surface area contributed by atoms with Crippen molar-refractivity contribution in [3.8, 4) is 0 Å². The minimum Gasteiger partial charge on any atom is -0.432 e. The van der Waals surface area contributed by atoms with Crippen molar-refractivity contribution in [2.45, 2.75) is 39.4 Å². The van der Waals surface area contributed by atoms with Crippen molar-refractivity contribution >= 4 is 25.4 Å². The molecule has 0 saturated heterocycles. The van der Waals surface area contributed by atoms with Crippen molar-refractivity contribution in [2.24, 2.45) is 0 Å². The minimum absolute atomic E-state index is 0.227. The first-order chi connectivity index (χ1) is 10.3. The van der Waals surface area contributed by atoms with Gasteiger partial charge in [0.25, 0.3) is 0 Å². The average Bonchev–Trinajstić information content (AvgIpc) is 2.46. The summed E-state index contributed by atoms with van der Waals surface area (Å²) in [6, 6.07) is 7.09. The molecule has 0 amide bonds. The van der Waals surface area contributed by atoms with Crippen LogP contribution in [0.4, 0.5) is 4.79 Å². The standard InChI is InChI=1S/C15H22O6Si/c1-5-6-11-18-15(17)20-21-19-14(16)12-7-9-13(10-8-12)22(2,3)4/h7-10H,5-6,11H2,1-4H3. The maximum Gasteiger partial charge on any atom is 0.543 e. The molecule has 0 aliphatic carbocycles. The van der Waals surface area contributed by atoms with Crippen molar-refractivity contribution in [3.05, 3.63) is 29.8 Å². The van der Waals surface area contributed by atoms with E-state index in [0.29, 0.717) is 5.56 Å². The zero-order valence-corrected chi connectivity index (χ0v) is 14.4. The van der Waals surface area contributed by atoms with E-state index in [0.717, 1.165) is 12.8 Å². The number of rotatable bonds is 7. The van der Waals surface area contributed by atoms with E-state index in [1.54, 1.807) is 12.1 Å². The van der Waals surface area contributed by atoms with Crippen molar-refractivity contribution in [2.75, 3.05) is 6.61 Å². The van der Waals surface area contributed by atoms with Gasteiger partial charge in [0.15, 0.2) is 0 Å². The van der Waals surface area contributed by atoms with Gasteiger partial charge in [-0.25, -0.2) is 14.5 Å². The van der Waals surface area contributed by atoms with E-state index in [-0.39, 0.29) is 6.61 Å². The molecule has 0 atom stereocenters. The Hall–Kier alpha value is -1.86. The van der Waals surface area contributed by atoms with Gasteiger partial charge in [0, 0.05) is 0 Å². The van der Waals surface area contributed by atoms with Gasteiger partial charge in [0.1, 0.15) is 0 Å². The Morgan fingerprint density at radius 3 is 2.23 bits per heavy atom. The highest BCUT2D eigenvalue weighted by Gasteiger charge is 2.17. The van der Waals surface area contributed by atoms with Crippen molar-refractivity contribution in [3.63, 3.8) is 0 Å². The molecule has 1 rings (SSSR count). The van der Waals surface area contributed by atoms with Crippen LogP contribution in [0.5, 0.6) is 0 Å². The van der Waals surface area contributed by atoms with Gasteiger partial charge in [-0.15, -0.1) is 0 Å². The van der Waals surface area contributed by atoms with Crippen LogP contribution < -0.4 is 5.19 Å². The Labute approximate surface area is 131 Å². The van der Waals surface area contributed by atoms with Crippen LogP contribution in [0.25, 0.3) is 0 Å². The molecule has 122 valence electrons. The van der Waals surface area contributed by atoms with E-state index in [9.17, 15) is 9.59 Å². The molecule has 0 spiro atoms. The fourth-order valence-electron chi connectivity index (χ4n) is 1.55. The number of carbonyl (C=O) groups is 2. The summed E-state index contributed by atoms with van der Waals surface area (Å²) in [4.78, 5) is 31.3. The molecular weight excluding hydrogens is 304 g/mol. The Kier molecular flexibility index (Phi) is 7.07. The van der Waals surface area contributed by atoms with Gasteiger partial charge in [0.05, 0.1) is 25.3 Å². The fraction of sp³-hybridized carbons (Fsp3) is 0.467. The van der Waals surface area contributed by atoms with Gasteiger partial charge in [-0.3, -0.25) is 4.89 Å². The third kappa shape index (κ3) is 6.27. The number of ether oxygens (including phenoxy) is 1. The van der Waals surface area contributed by atoms with Gasteiger partial charge in [0.2, 0.25) is 0 Å². The van der Waals surface area contributed by atoms with Crippen LogP contribution in [-0.2, 0) is 19.6 Å². The Morgan fingerprint density at radius 1 is 1.05 bits per heavy atom. The first-order valence-corrected chi connectivity index (χ1v) is 10.7. The van der Waals surface area contributed by atoms with Crippen LogP contribution in [0.2, 0.25) is 19.6 Å². The highest BCUT2D eigenvalue weighted by Crippen LogP contribution is 2.06. The predicted octanol–water partition coefficient (Wildman–Crippen LogP) is 3.19. The molecule has 22 heavy (non-hydrogen) atoms. The third-order valence-electron chi connectivity index (χ3n) is 2.92. The summed E-state index contributed by atoms with van der Waals surface area (Å²) in [7, 11) is -1.42. The van der Waals surface area contributed by atoms with E-state index in [1.165, 1.54) is 5.19 Å². The van der Waals surface area contributed by atoms with Crippen LogP contribution in [-0.4, -0.2) is 26.8 Å². The Balaban J connectivity index is 2.38. The number of carbonyl (C=O) groups excluding carboxylic acids is 2. The quantitative estimate of drug-likeness (QED) is 0.252. The second-order valence-electron chi connectivity index (χ2n) is 5.80. The smallest absolute Gasteiger partial charge is 0.432 e. The maximum atomic E-state index is 11.7. The van der Waals surface area contributed by atoms with E-state index in [4.69, 9.17) is 0 Å². The van der Waals surface area contributed by atoms with Crippen LogP contribution in [0.3, 0.4) is 0 Å². The highest BCUT2D eigenvalue weighted by molar-refractivity contribution is 6.88. The largest absolute Gasteiger partial charge is 0.543 e. The van der Waals surface area contributed by atoms with Crippen molar-refractivity contribution in [1.29, 1.82) is 0 Å². The van der Waals surface area contributed by atoms with Crippen LogP contribution in [0, 0.1) is 0 Å². The first-order valence-electron chi connectivity index (χ1n) is 7.17. The van der Waals surface area contributed by atoms with Crippen LogP contribution >= 0.6 is 0 Å². The summed E-state index contributed by atoms with van der Waals surface area (Å²) < 4.78 is 4.65. The van der Waals surface area contributed by atoms with Crippen molar-refractivity contribution in [1.82, 2.24) is 0 Å². The molecule has 7 heteroatoms. The number of benzene rings is 1. The maximum absolute atomic E-state index is 11.7. The fourth-order valence-corrected chi connectivity index (χ4v) is 2.72. The van der Waals surface area contributed by atoms with E-state index in [1.807, 2.05) is 19.1 Å². The summed E-state index contributed by atoms with van der Waals surface area (Å²) in [5.41, 5.74) is 0.310. The number of hydrogen-bond acceptors (Lipinski definition) is 6. The molecular formula is C15H22O6Si. The van der Waals surface area contributed by atoms with Crippen LogP contribution in [0.1, 0.15) is 30.1 Å². The van der Waals surface area contributed by atoms with Crippen LogP contribution in [0.15, 0.2) is 24.3 Å². The molecule has 1 aromatic rings. The first kappa shape index (κ1) is 18.2. The third-order valence-corrected chi connectivity index (χ3v) is 4.98. The summed E-state index contributed by atoms with van der Waals surface area (Å²) in [5.74, 6) is -0.747. The second-order valence-corrected chi connectivity index (χ2v) is 10.9. The molecule has 0 aliphatic heterocycles. The lowest BCUT2D eigenvalue weighted by Gasteiger charge is -2.16. The topological polar surface area (TPSA) is 71.1 Å². The van der Waals surface area contributed by atoms with E-state index < -0.39 is 20.2 Å². The molecule has 0 radical (unpaired) electrons. The summed E-state index contributed by atoms with van der Waals surface area (Å²) >= 11 is 0. The Morgan fingerprint density at radius 2 is 1.68 bits per heavy atom. The molecule has 0 aliphatic rings. The lowest BCUT2D eigenvalue weighted by atomic mass is 10.2. The van der Waals surface area contributed by atoms with Gasteiger partial charge >= 0.3 is 12.1 Å². The molecule has 6 nitrogen and oxygen atoms in total. The number of hydrogen-bond donors (Lipinski definition) is 0. The SMILES string of the molecule is CCCCOC(=O)OOOC(=O)c1ccc([Si](C)(C)C)cc1. The normalized spacial score (nSPS) is 10.9. The molecule has 0 bridgehead atoms. The molecule has 0 saturated carbocycles. The van der Waals surface area contributed by atoms with Gasteiger partial charge in [-0.2, -0.15) is 0 Å². The lowest BCUT2D eigenvalue weighted by Crippen LogP contribution is -2.37. The molecule has 0 N–H and O–H groups in total. The van der Waals surface area contributed by atoms with Gasteiger partial charge < -0.3 is 4.74 Å². The molecule has 0 unspecified atom stereocenters. The summed E-state index contributed by atoms with van der Waals surface area (Å²) in [6.07, 6.45) is 0.560. The molecule has 0 fully saturated rings. The lowest BCUT2D eigenvalue weighted by molar-refractivity contribution is -0.452. The monoisotopic (exact) mass is 326 g/mol. The molecule has 1 aromatic carbocycles. The zero-order chi connectivity index (χ0) is 16.6. The average molecular weight is 326 g/mol. The molecule has 0 aromatic heterocycles. The van der Waals surface area contributed by atoms with Crippen molar-refractivity contribution < 1.29 is 29.1 Å². The molecule has 0 heterocycles. The summed E-state index contributed by atoms with van der Waals surface area (Å²) in [6.45, 7) is 8.81. The second kappa shape index (κ2) is 8.55. The Bertz CT molecular complexity index is 492. The van der Waals surface area contributed by atoms with Gasteiger partial charge in [-0.05, 0) is 18.6 Å².